The van der Waals surface area contributed by atoms with Gasteiger partial charge in [-0.15, -0.1) is 0 Å². The predicted octanol–water partition coefficient (Wildman–Crippen LogP) is 7.60. The van der Waals surface area contributed by atoms with Crippen molar-refractivity contribution in [3.8, 4) is 0 Å². The average Bonchev–Trinajstić information content (AvgIpc) is 3.40. The van der Waals surface area contributed by atoms with Crippen LogP contribution in [-0.2, 0) is 32.7 Å². The summed E-state index contributed by atoms with van der Waals surface area (Å²) in [6.45, 7) is 3.34. The van der Waals surface area contributed by atoms with Crippen molar-refractivity contribution in [2.75, 3.05) is 26.4 Å². The number of nitrogens with two attached hydrogens (primary N) is 1. The SMILES string of the molecule is CCCCCCCCCCCCCCC(=O)O[C@H](COC(=O)CCC/C=C/C[C@@H]1[C@@H](/C=C/[C@@H](O)CCCCC)[C@H](O)C[C@@H]1O)COP(=O)(O)OCCN. The van der Waals surface area contributed by atoms with Gasteiger partial charge in [0.25, 0.3) is 0 Å². The zero-order valence-corrected chi connectivity index (χ0v) is 33.7. The normalized spacial score (nSPS) is 21.3. The van der Waals surface area contributed by atoms with Gasteiger partial charge >= 0.3 is 19.8 Å². The topological polar surface area (TPSA) is 195 Å². The van der Waals surface area contributed by atoms with E-state index in [1.54, 1.807) is 6.08 Å². The van der Waals surface area contributed by atoms with Gasteiger partial charge in [0.2, 0.25) is 0 Å². The summed E-state index contributed by atoms with van der Waals surface area (Å²) in [7, 11) is -4.43. The third-order valence-corrected chi connectivity index (χ3v) is 10.6. The molecule has 7 atom stereocenters. The Kier molecular flexibility index (Phi) is 29.4. The van der Waals surface area contributed by atoms with Crippen molar-refractivity contribution < 1.29 is 52.9 Å². The Hall–Kier alpha value is -1.63. The lowest BCUT2D eigenvalue weighted by Crippen LogP contribution is -2.29. The van der Waals surface area contributed by atoms with Crippen molar-refractivity contribution in [3.63, 3.8) is 0 Å². The highest BCUT2D eigenvalue weighted by Gasteiger charge is 2.39. The Labute approximate surface area is 319 Å². The highest BCUT2D eigenvalue weighted by molar-refractivity contribution is 7.47. The Morgan fingerprint density at radius 3 is 2.04 bits per heavy atom. The van der Waals surface area contributed by atoms with Crippen LogP contribution in [0.2, 0.25) is 0 Å². The van der Waals surface area contributed by atoms with E-state index in [1.807, 2.05) is 18.2 Å². The lowest BCUT2D eigenvalue weighted by atomic mass is 9.89. The minimum Gasteiger partial charge on any atom is -0.462 e. The van der Waals surface area contributed by atoms with E-state index in [0.29, 0.717) is 38.5 Å². The number of carbonyl (C=O) groups excluding carboxylic acids is 2. The summed E-state index contributed by atoms with van der Waals surface area (Å²) in [6.07, 6.45) is 24.5. The number of hydrogen-bond acceptors (Lipinski definition) is 11. The Morgan fingerprint density at radius 1 is 0.792 bits per heavy atom. The zero-order valence-electron chi connectivity index (χ0n) is 32.8. The summed E-state index contributed by atoms with van der Waals surface area (Å²) in [4.78, 5) is 34.9. The second kappa shape index (κ2) is 31.6. The number of esters is 2. The van der Waals surface area contributed by atoms with Crippen LogP contribution in [0.3, 0.4) is 0 Å². The third kappa shape index (κ3) is 26.0. The molecule has 0 aromatic carbocycles. The number of phosphoric ester groups is 1. The monoisotopic (exact) mass is 775 g/mol. The number of ether oxygens (including phenoxy) is 2. The molecule has 0 saturated heterocycles. The molecule has 0 amide bonds. The molecule has 0 aromatic heterocycles. The van der Waals surface area contributed by atoms with Crippen LogP contribution in [0.4, 0.5) is 0 Å². The van der Waals surface area contributed by atoms with E-state index in [9.17, 15) is 34.4 Å². The fourth-order valence-corrected chi connectivity index (χ4v) is 7.28. The van der Waals surface area contributed by atoms with Crippen LogP contribution in [0.15, 0.2) is 24.3 Å². The first-order chi connectivity index (χ1) is 25.5. The van der Waals surface area contributed by atoms with Crippen molar-refractivity contribution in [3.05, 3.63) is 24.3 Å². The quantitative estimate of drug-likeness (QED) is 0.0186. The van der Waals surface area contributed by atoms with E-state index in [0.717, 1.165) is 38.5 Å². The number of aliphatic hydroxyl groups is 3. The number of carbonyl (C=O) groups is 2. The molecule has 0 aliphatic heterocycles. The molecule has 310 valence electrons. The summed E-state index contributed by atoms with van der Waals surface area (Å²) >= 11 is 0. The molecule has 1 aliphatic rings. The summed E-state index contributed by atoms with van der Waals surface area (Å²) in [5.41, 5.74) is 5.33. The first-order valence-corrected chi connectivity index (χ1v) is 22.1. The van der Waals surface area contributed by atoms with Gasteiger partial charge in [0.1, 0.15) is 6.61 Å². The molecule has 0 heterocycles. The summed E-state index contributed by atoms with van der Waals surface area (Å²) in [6, 6.07) is 0. The number of rotatable bonds is 34. The molecule has 1 saturated carbocycles. The molecular formula is C40H74NO11P. The van der Waals surface area contributed by atoms with E-state index in [-0.39, 0.29) is 44.4 Å². The fourth-order valence-electron chi connectivity index (χ4n) is 6.51. The molecule has 0 radical (unpaired) electrons. The molecule has 1 unspecified atom stereocenters. The number of unbranched alkanes of at least 4 members (excludes halogenated alkanes) is 14. The molecule has 6 N–H and O–H groups in total. The zero-order chi connectivity index (χ0) is 39.2. The van der Waals surface area contributed by atoms with Crippen molar-refractivity contribution in [2.45, 2.75) is 180 Å². The Morgan fingerprint density at radius 2 is 1.40 bits per heavy atom. The summed E-state index contributed by atoms with van der Waals surface area (Å²) in [5.74, 6) is -1.41. The number of phosphoric acid groups is 1. The number of allylic oxidation sites excluding steroid dienone is 2. The maximum Gasteiger partial charge on any atom is 0.472 e. The number of aliphatic hydroxyl groups excluding tert-OH is 3. The van der Waals surface area contributed by atoms with Crippen LogP contribution in [0.5, 0.6) is 0 Å². The molecule has 53 heavy (non-hydrogen) atoms. The van der Waals surface area contributed by atoms with Gasteiger partial charge in [-0.1, -0.05) is 128 Å². The van der Waals surface area contributed by atoms with Crippen LogP contribution in [0, 0.1) is 11.8 Å². The highest BCUT2D eigenvalue weighted by atomic mass is 31.2. The lowest BCUT2D eigenvalue weighted by molar-refractivity contribution is -0.161. The van der Waals surface area contributed by atoms with E-state index in [2.05, 4.69) is 13.8 Å². The predicted molar refractivity (Wildman–Crippen MR) is 208 cm³/mol. The molecule has 12 nitrogen and oxygen atoms in total. The van der Waals surface area contributed by atoms with Gasteiger partial charge in [0, 0.05) is 31.7 Å². The standard InChI is InChI=1S/C40H74NO11P/c1-3-5-7-8-9-10-11-12-13-14-15-21-25-40(46)52-34(32-51-53(47,48)50-29-28-41)31-49-39(45)24-20-17-16-19-23-35-36(38(44)30-37(35)43)27-26-33(42)22-18-6-4-2/h16,19,26-27,33-38,42-44H,3-15,17-18,20-25,28-32,41H2,1-2H3,(H,47,48)/b19-16+,27-26+/t33-,34+,35+,36+,37-,38+/m0/s1. The summed E-state index contributed by atoms with van der Waals surface area (Å²) < 4.78 is 32.7. The maximum absolute atomic E-state index is 12.6. The Bertz CT molecular complexity index is 1040. The van der Waals surface area contributed by atoms with E-state index < -0.39 is 50.8 Å². The molecule has 0 aromatic rings. The van der Waals surface area contributed by atoms with Crippen LogP contribution in [0.25, 0.3) is 0 Å². The molecule has 13 heteroatoms. The molecule has 1 aliphatic carbocycles. The Balaban J connectivity index is 2.44. The van der Waals surface area contributed by atoms with Gasteiger partial charge in [-0.25, -0.2) is 4.57 Å². The van der Waals surface area contributed by atoms with Crippen LogP contribution in [-0.4, -0.2) is 82.9 Å². The average molecular weight is 776 g/mol. The van der Waals surface area contributed by atoms with Crippen molar-refractivity contribution in [1.82, 2.24) is 0 Å². The van der Waals surface area contributed by atoms with Crippen LogP contribution < -0.4 is 5.73 Å². The number of hydrogen-bond donors (Lipinski definition) is 5. The molecule has 0 bridgehead atoms. The first kappa shape index (κ1) is 49.4. The van der Waals surface area contributed by atoms with E-state index >= 15 is 0 Å². The smallest absolute Gasteiger partial charge is 0.462 e. The lowest BCUT2D eigenvalue weighted by Gasteiger charge is -2.20. The second-order valence-electron chi connectivity index (χ2n) is 14.5. The van der Waals surface area contributed by atoms with Crippen LogP contribution in [0.1, 0.15) is 155 Å². The largest absolute Gasteiger partial charge is 0.472 e. The van der Waals surface area contributed by atoms with Gasteiger partial charge in [-0.3, -0.25) is 18.6 Å². The fraction of sp³-hybridized carbons (Fsp3) is 0.850. The maximum atomic E-state index is 12.6. The van der Waals surface area contributed by atoms with Gasteiger partial charge in [-0.2, -0.15) is 0 Å². The van der Waals surface area contributed by atoms with E-state index in [1.165, 1.54) is 51.4 Å². The van der Waals surface area contributed by atoms with Crippen molar-refractivity contribution >= 4 is 19.8 Å². The van der Waals surface area contributed by atoms with Crippen molar-refractivity contribution in [1.29, 1.82) is 0 Å². The van der Waals surface area contributed by atoms with Gasteiger partial charge in [0.15, 0.2) is 6.10 Å². The highest BCUT2D eigenvalue weighted by Crippen LogP contribution is 2.43. The summed E-state index contributed by atoms with van der Waals surface area (Å²) in [5, 5.41) is 31.2. The van der Waals surface area contributed by atoms with Gasteiger partial charge < -0.3 is 35.4 Å². The van der Waals surface area contributed by atoms with Crippen LogP contribution >= 0.6 is 7.82 Å². The van der Waals surface area contributed by atoms with E-state index in [4.69, 9.17) is 24.3 Å². The molecule has 1 fully saturated rings. The second-order valence-corrected chi connectivity index (χ2v) is 15.9. The van der Waals surface area contributed by atoms with Gasteiger partial charge in [-0.05, 0) is 38.0 Å². The minimum atomic E-state index is -4.43. The van der Waals surface area contributed by atoms with Crippen molar-refractivity contribution in [2.24, 2.45) is 17.6 Å². The minimum absolute atomic E-state index is 0.0198. The molecule has 0 spiro atoms. The first-order valence-electron chi connectivity index (χ1n) is 20.6. The van der Waals surface area contributed by atoms with Gasteiger partial charge in [0.05, 0.1) is 31.5 Å². The third-order valence-electron chi connectivity index (χ3n) is 9.66. The molecular weight excluding hydrogens is 701 g/mol. The molecule has 1 rings (SSSR count).